The molecule has 1 heterocycles. The van der Waals surface area contributed by atoms with Crippen molar-refractivity contribution in [2.24, 2.45) is 17.8 Å². The van der Waals surface area contributed by atoms with E-state index >= 15 is 0 Å². The third kappa shape index (κ3) is 1.90. The molecular weight excluding hydrogens is 212 g/mol. The van der Waals surface area contributed by atoms with Crippen molar-refractivity contribution in [2.45, 2.75) is 31.7 Å². The number of likely N-dealkylation sites (N-methyl/N-ethyl adjacent to an activating group) is 1. The SMILES string of the molecule is CNCC1CCCN1C(=O)C1CC2C=CC1C2. The van der Waals surface area contributed by atoms with Gasteiger partial charge in [0, 0.05) is 25.0 Å². The number of carbonyl (C=O) groups is 1. The van der Waals surface area contributed by atoms with Crippen LogP contribution in [0.5, 0.6) is 0 Å². The molecule has 4 atom stereocenters. The summed E-state index contributed by atoms with van der Waals surface area (Å²) >= 11 is 0. The minimum absolute atomic E-state index is 0.294. The highest BCUT2D eigenvalue weighted by molar-refractivity contribution is 5.80. The molecule has 0 aromatic heterocycles. The zero-order valence-electron chi connectivity index (χ0n) is 10.6. The normalized spacial score (nSPS) is 39.2. The van der Waals surface area contributed by atoms with Crippen molar-refractivity contribution < 1.29 is 4.79 Å². The zero-order chi connectivity index (χ0) is 11.8. The van der Waals surface area contributed by atoms with Crippen molar-refractivity contribution >= 4 is 5.91 Å². The standard InChI is InChI=1S/C14H22N2O/c1-15-9-12-3-2-6-16(12)14(17)13-8-10-4-5-11(13)7-10/h4-5,10-13,15H,2-3,6-9H2,1H3. The van der Waals surface area contributed by atoms with Gasteiger partial charge in [-0.1, -0.05) is 12.2 Å². The third-order valence-corrected chi connectivity index (χ3v) is 4.70. The molecule has 3 rings (SSSR count). The molecule has 3 nitrogen and oxygen atoms in total. The van der Waals surface area contributed by atoms with Crippen LogP contribution in [-0.4, -0.2) is 37.0 Å². The number of likely N-dealkylation sites (tertiary alicyclic amines) is 1. The number of hydrogen-bond donors (Lipinski definition) is 1. The summed E-state index contributed by atoms with van der Waals surface area (Å²) in [5.41, 5.74) is 0. The van der Waals surface area contributed by atoms with Gasteiger partial charge < -0.3 is 10.2 Å². The topological polar surface area (TPSA) is 32.3 Å². The second-order valence-electron chi connectivity index (χ2n) is 5.77. The summed E-state index contributed by atoms with van der Waals surface area (Å²) < 4.78 is 0. The van der Waals surface area contributed by atoms with Gasteiger partial charge in [-0.3, -0.25) is 4.79 Å². The fourth-order valence-electron chi connectivity index (χ4n) is 3.85. The lowest BCUT2D eigenvalue weighted by atomic mass is 9.92. The van der Waals surface area contributed by atoms with E-state index in [1.165, 1.54) is 19.3 Å². The Bertz CT molecular complexity index is 339. The largest absolute Gasteiger partial charge is 0.338 e. The van der Waals surface area contributed by atoms with Crippen LogP contribution in [0.2, 0.25) is 0 Å². The van der Waals surface area contributed by atoms with Gasteiger partial charge in [0.1, 0.15) is 0 Å². The van der Waals surface area contributed by atoms with Crippen LogP contribution in [0.1, 0.15) is 25.7 Å². The molecule has 4 unspecified atom stereocenters. The lowest BCUT2D eigenvalue weighted by Crippen LogP contribution is -2.44. The molecule has 1 saturated carbocycles. The first kappa shape index (κ1) is 11.3. The van der Waals surface area contributed by atoms with Gasteiger partial charge in [0.2, 0.25) is 5.91 Å². The molecule has 94 valence electrons. The molecule has 0 aromatic rings. The number of nitrogens with one attached hydrogen (secondary N) is 1. The minimum Gasteiger partial charge on any atom is -0.338 e. The summed E-state index contributed by atoms with van der Waals surface area (Å²) in [6, 6.07) is 0.440. The monoisotopic (exact) mass is 234 g/mol. The Hall–Kier alpha value is -0.830. The highest BCUT2D eigenvalue weighted by Gasteiger charge is 2.43. The molecule has 1 aliphatic heterocycles. The summed E-state index contributed by atoms with van der Waals surface area (Å²) in [6.45, 7) is 1.92. The Kier molecular flexibility index (Phi) is 2.95. The first-order valence-electron chi connectivity index (χ1n) is 6.93. The second-order valence-corrected chi connectivity index (χ2v) is 5.77. The van der Waals surface area contributed by atoms with Crippen molar-refractivity contribution in [3.63, 3.8) is 0 Å². The molecule has 0 aromatic carbocycles. The number of fused-ring (bicyclic) bond motifs is 2. The van der Waals surface area contributed by atoms with Crippen molar-refractivity contribution in [1.29, 1.82) is 0 Å². The molecule has 0 radical (unpaired) electrons. The summed E-state index contributed by atoms with van der Waals surface area (Å²) in [5, 5.41) is 3.21. The number of hydrogen-bond acceptors (Lipinski definition) is 2. The molecule has 3 heteroatoms. The molecule has 2 bridgehead atoms. The molecule has 17 heavy (non-hydrogen) atoms. The fraction of sp³-hybridized carbons (Fsp3) is 0.786. The lowest BCUT2D eigenvalue weighted by Gasteiger charge is -2.29. The van der Waals surface area contributed by atoms with E-state index in [0.29, 0.717) is 29.7 Å². The van der Waals surface area contributed by atoms with Gasteiger partial charge in [-0.2, -0.15) is 0 Å². The maximum Gasteiger partial charge on any atom is 0.226 e. The van der Waals surface area contributed by atoms with Crippen LogP contribution in [0.4, 0.5) is 0 Å². The van der Waals surface area contributed by atoms with Gasteiger partial charge in [-0.15, -0.1) is 0 Å². The molecule has 1 saturated heterocycles. The third-order valence-electron chi connectivity index (χ3n) is 4.70. The molecule has 1 amide bonds. The maximum absolute atomic E-state index is 12.6. The van der Waals surface area contributed by atoms with Crippen LogP contribution in [0.15, 0.2) is 12.2 Å². The van der Waals surface area contributed by atoms with Crippen molar-refractivity contribution in [2.75, 3.05) is 20.1 Å². The molecule has 2 fully saturated rings. The first-order valence-corrected chi connectivity index (χ1v) is 6.93. The average molecular weight is 234 g/mol. The number of rotatable bonds is 3. The maximum atomic E-state index is 12.6. The van der Waals surface area contributed by atoms with Crippen LogP contribution in [0, 0.1) is 17.8 Å². The van der Waals surface area contributed by atoms with Crippen LogP contribution in [-0.2, 0) is 4.79 Å². The van der Waals surface area contributed by atoms with Gasteiger partial charge in [-0.05, 0) is 44.6 Å². The van der Waals surface area contributed by atoms with E-state index in [1.807, 2.05) is 7.05 Å². The predicted octanol–water partition coefficient (Wildman–Crippen LogP) is 1.41. The van der Waals surface area contributed by atoms with Gasteiger partial charge >= 0.3 is 0 Å². The lowest BCUT2D eigenvalue weighted by molar-refractivity contribution is -0.137. The summed E-state index contributed by atoms with van der Waals surface area (Å²) in [4.78, 5) is 14.7. The Labute approximate surface area is 103 Å². The molecule has 2 aliphatic carbocycles. The quantitative estimate of drug-likeness (QED) is 0.749. The Morgan fingerprint density at radius 2 is 2.29 bits per heavy atom. The summed E-state index contributed by atoms with van der Waals surface area (Å²) in [5.74, 6) is 1.96. The number of amides is 1. The first-order chi connectivity index (χ1) is 8.29. The van der Waals surface area contributed by atoms with E-state index in [-0.39, 0.29) is 0 Å². The summed E-state index contributed by atoms with van der Waals surface area (Å²) in [7, 11) is 1.97. The van der Waals surface area contributed by atoms with Crippen molar-refractivity contribution in [1.82, 2.24) is 10.2 Å². The van der Waals surface area contributed by atoms with Crippen LogP contribution >= 0.6 is 0 Å². The minimum atomic E-state index is 0.294. The van der Waals surface area contributed by atoms with Crippen LogP contribution in [0.3, 0.4) is 0 Å². The number of carbonyl (C=O) groups excluding carboxylic acids is 1. The van der Waals surface area contributed by atoms with Crippen molar-refractivity contribution in [3.8, 4) is 0 Å². The Morgan fingerprint density at radius 1 is 1.41 bits per heavy atom. The highest BCUT2D eigenvalue weighted by atomic mass is 16.2. The molecular formula is C14H22N2O. The van der Waals surface area contributed by atoms with Crippen LogP contribution in [0.25, 0.3) is 0 Å². The van der Waals surface area contributed by atoms with Crippen molar-refractivity contribution in [3.05, 3.63) is 12.2 Å². The molecule has 3 aliphatic rings. The van der Waals surface area contributed by atoms with E-state index < -0.39 is 0 Å². The Morgan fingerprint density at radius 3 is 2.94 bits per heavy atom. The smallest absolute Gasteiger partial charge is 0.226 e. The van der Waals surface area contributed by atoms with E-state index in [2.05, 4.69) is 22.4 Å². The average Bonchev–Trinajstić information content (AvgIpc) is 3.03. The van der Waals surface area contributed by atoms with Gasteiger partial charge in [-0.25, -0.2) is 0 Å². The highest BCUT2D eigenvalue weighted by Crippen LogP contribution is 2.44. The molecule has 1 N–H and O–H groups in total. The fourth-order valence-corrected chi connectivity index (χ4v) is 3.85. The Balaban J connectivity index is 1.67. The van der Waals surface area contributed by atoms with Gasteiger partial charge in [0.15, 0.2) is 0 Å². The number of allylic oxidation sites excluding steroid dienone is 2. The predicted molar refractivity (Wildman–Crippen MR) is 67.5 cm³/mol. The van der Waals surface area contributed by atoms with E-state index in [4.69, 9.17) is 0 Å². The van der Waals surface area contributed by atoms with E-state index in [9.17, 15) is 4.79 Å². The summed E-state index contributed by atoms with van der Waals surface area (Å²) in [6.07, 6.45) is 9.26. The van der Waals surface area contributed by atoms with E-state index in [0.717, 1.165) is 19.5 Å². The number of nitrogens with zero attached hydrogens (tertiary/aromatic N) is 1. The zero-order valence-corrected chi connectivity index (χ0v) is 10.6. The van der Waals surface area contributed by atoms with Gasteiger partial charge in [0.05, 0.1) is 0 Å². The van der Waals surface area contributed by atoms with E-state index in [1.54, 1.807) is 0 Å². The van der Waals surface area contributed by atoms with Gasteiger partial charge in [0.25, 0.3) is 0 Å². The molecule has 0 spiro atoms. The van der Waals surface area contributed by atoms with Crippen LogP contribution < -0.4 is 5.32 Å². The second kappa shape index (κ2) is 4.45.